The smallest absolute Gasteiger partial charge is 0.224 e. The van der Waals surface area contributed by atoms with Gasteiger partial charge < -0.3 is 20.8 Å². The molecule has 0 saturated carbocycles. The maximum atomic E-state index is 13.0. The maximum Gasteiger partial charge on any atom is 0.224 e. The molecule has 4 aromatic rings. The minimum atomic E-state index is -1.34. The van der Waals surface area contributed by atoms with Gasteiger partial charge in [0.05, 0.1) is 24.9 Å². The van der Waals surface area contributed by atoms with Gasteiger partial charge >= 0.3 is 0 Å². The molecule has 4 atom stereocenters. The first-order chi connectivity index (χ1) is 19.5. The topological polar surface area (TPSA) is 98.7 Å². The molecule has 4 aromatic carbocycles. The summed E-state index contributed by atoms with van der Waals surface area (Å²) in [6.07, 6.45) is -1.76. The average molecular weight is 537 g/mol. The van der Waals surface area contributed by atoms with Gasteiger partial charge in [0.1, 0.15) is 12.2 Å². The second-order valence-electron chi connectivity index (χ2n) is 10.0. The SMILES string of the molecule is O=C(Cc1ccccc1)NC(Cc1ccccc1)C(O)C(O)C(Cc1ccccc1)NC(=O)Cc1ccccc1. The summed E-state index contributed by atoms with van der Waals surface area (Å²) in [4.78, 5) is 26.0. The number of carbonyl (C=O) groups is 2. The van der Waals surface area contributed by atoms with Gasteiger partial charge in [-0.25, -0.2) is 0 Å². The molecule has 4 rings (SSSR count). The number of aliphatic hydroxyl groups is 2. The van der Waals surface area contributed by atoms with Gasteiger partial charge in [0, 0.05) is 0 Å². The first kappa shape index (κ1) is 28.7. The maximum absolute atomic E-state index is 13.0. The number of benzene rings is 4. The number of hydrogen-bond donors (Lipinski definition) is 4. The van der Waals surface area contributed by atoms with E-state index in [4.69, 9.17) is 0 Å². The molecule has 206 valence electrons. The van der Waals surface area contributed by atoms with E-state index in [9.17, 15) is 19.8 Å². The van der Waals surface area contributed by atoms with Crippen LogP contribution in [0.4, 0.5) is 0 Å². The van der Waals surface area contributed by atoms with Crippen LogP contribution in [0.25, 0.3) is 0 Å². The number of nitrogens with one attached hydrogen (secondary N) is 2. The highest BCUT2D eigenvalue weighted by molar-refractivity contribution is 5.79. The van der Waals surface area contributed by atoms with E-state index in [-0.39, 0.29) is 24.7 Å². The Morgan fingerprint density at radius 1 is 0.475 bits per heavy atom. The Hall–Kier alpha value is -4.26. The van der Waals surface area contributed by atoms with Crippen molar-refractivity contribution in [3.63, 3.8) is 0 Å². The zero-order valence-corrected chi connectivity index (χ0v) is 22.4. The fraction of sp³-hybridized carbons (Fsp3) is 0.235. The first-order valence-corrected chi connectivity index (χ1v) is 13.6. The van der Waals surface area contributed by atoms with Gasteiger partial charge in [-0.2, -0.15) is 0 Å². The summed E-state index contributed by atoms with van der Waals surface area (Å²) in [5, 5.41) is 28.9. The van der Waals surface area contributed by atoms with Crippen LogP contribution >= 0.6 is 0 Å². The minimum absolute atomic E-state index is 0.149. The lowest BCUT2D eigenvalue weighted by Crippen LogP contribution is -2.57. The Morgan fingerprint density at radius 3 is 1.05 bits per heavy atom. The normalized spacial score (nSPS) is 13.9. The molecular formula is C34H36N2O4. The highest BCUT2D eigenvalue weighted by atomic mass is 16.3. The molecular weight excluding hydrogens is 500 g/mol. The van der Waals surface area contributed by atoms with Gasteiger partial charge in [-0.3, -0.25) is 9.59 Å². The Morgan fingerprint density at radius 2 is 0.750 bits per heavy atom. The zero-order chi connectivity index (χ0) is 28.2. The van der Waals surface area contributed by atoms with E-state index in [1.165, 1.54) is 0 Å². The van der Waals surface area contributed by atoms with Crippen molar-refractivity contribution in [1.29, 1.82) is 0 Å². The summed E-state index contributed by atoms with van der Waals surface area (Å²) < 4.78 is 0. The number of carbonyl (C=O) groups excluding carboxylic acids is 2. The van der Waals surface area contributed by atoms with E-state index < -0.39 is 24.3 Å². The van der Waals surface area contributed by atoms with E-state index in [0.717, 1.165) is 22.3 Å². The summed E-state index contributed by atoms with van der Waals surface area (Å²) in [6.45, 7) is 0. The molecule has 2 amide bonds. The van der Waals surface area contributed by atoms with Crippen molar-refractivity contribution in [2.75, 3.05) is 0 Å². The van der Waals surface area contributed by atoms with Gasteiger partial charge in [-0.1, -0.05) is 121 Å². The van der Waals surface area contributed by atoms with Crippen LogP contribution in [-0.2, 0) is 35.3 Å². The van der Waals surface area contributed by atoms with Crippen LogP contribution in [-0.4, -0.2) is 46.3 Å². The van der Waals surface area contributed by atoms with Crippen LogP contribution in [0.3, 0.4) is 0 Å². The van der Waals surface area contributed by atoms with Crippen LogP contribution in [0.15, 0.2) is 121 Å². The molecule has 0 saturated heterocycles. The molecule has 0 aliphatic heterocycles. The molecule has 0 aromatic heterocycles. The van der Waals surface area contributed by atoms with Gasteiger partial charge in [-0.05, 0) is 35.1 Å². The van der Waals surface area contributed by atoms with Gasteiger partial charge in [0.15, 0.2) is 0 Å². The molecule has 6 nitrogen and oxygen atoms in total. The fourth-order valence-electron chi connectivity index (χ4n) is 4.80. The Bertz CT molecular complexity index is 1210. The van der Waals surface area contributed by atoms with Crippen LogP contribution in [0.5, 0.6) is 0 Å². The van der Waals surface area contributed by atoms with Crippen LogP contribution in [0.1, 0.15) is 22.3 Å². The molecule has 0 aliphatic rings. The van der Waals surface area contributed by atoms with Crippen molar-refractivity contribution in [1.82, 2.24) is 10.6 Å². The predicted molar refractivity (Wildman–Crippen MR) is 156 cm³/mol. The minimum Gasteiger partial charge on any atom is -0.388 e. The van der Waals surface area contributed by atoms with Crippen LogP contribution < -0.4 is 10.6 Å². The molecule has 0 heterocycles. The monoisotopic (exact) mass is 536 g/mol. The lowest BCUT2D eigenvalue weighted by atomic mass is 9.90. The Labute approximate surface area is 235 Å². The fourth-order valence-corrected chi connectivity index (χ4v) is 4.80. The molecule has 0 bridgehead atoms. The molecule has 0 radical (unpaired) electrons. The van der Waals surface area contributed by atoms with E-state index in [0.29, 0.717) is 12.8 Å². The second-order valence-corrected chi connectivity index (χ2v) is 10.0. The molecule has 0 fully saturated rings. The number of aliphatic hydroxyl groups excluding tert-OH is 2. The molecule has 40 heavy (non-hydrogen) atoms. The van der Waals surface area contributed by atoms with E-state index in [1.807, 2.05) is 121 Å². The van der Waals surface area contributed by atoms with Crippen molar-refractivity contribution in [2.45, 2.75) is 50.0 Å². The van der Waals surface area contributed by atoms with E-state index in [2.05, 4.69) is 10.6 Å². The zero-order valence-electron chi connectivity index (χ0n) is 22.4. The second kappa shape index (κ2) is 14.8. The molecule has 6 heteroatoms. The highest BCUT2D eigenvalue weighted by Gasteiger charge is 2.34. The van der Waals surface area contributed by atoms with E-state index in [1.54, 1.807) is 0 Å². The van der Waals surface area contributed by atoms with Crippen LogP contribution in [0.2, 0.25) is 0 Å². The Kier molecular flexibility index (Phi) is 10.6. The average Bonchev–Trinajstić information content (AvgIpc) is 2.98. The van der Waals surface area contributed by atoms with Gasteiger partial charge in [0.25, 0.3) is 0 Å². The van der Waals surface area contributed by atoms with Crippen molar-refractivity contribution >= 4 is 11.8 Å². The lowest BCUT2D eigenvalue weighted by Gasteiger charge is -2.33. The lowest BCUT2D eigenvalue weighted by molar-refractivity contribution is -0.125. The quantitative estimate of drug-likeness (QED) is 0.210. The van der Waals surface area contributed by atoms with Crippen molar-refractivity contribution in [3.8, 4) is 0 Å². The summed E-state index contributed by atoms with van der Waals surface area (Å²) in [6, 6.07) is 36.2. The summed E-state index contributed by atoms with van der Waals surface area (Å²) >= 11 is 0. The largest absolute Gasteiger partial charge is 0.388 e. The third-order valence-electron chi connectivity index (χ3n) is 6.88. The van der Waals surface area contributed by atoms with Crippen molar-refractivity contribution < 1.29 is 19.8 Å². The predicted octanol–water partition coefficient (Wildman–Crippen LogP) is 3.65. The third-order valence-corrected chi connectivity index (χ3v) is 6.88. The van der Waals surface area contributed by atoms with Gasteiger partial charge in [0.2, 0.25) is 11.8 Å². The van der Waals surface area contributed by atoms with Crippen molar-refractivity contribution in [2.24, 2.45) is 0 Å². The summed E-state index contributed by atoms with van der Waals surface area (Å²) in [5.74, 6) is -0.516. The molecule has 0 aliphatic carbocycles. The van der Waals surface area contributed by atoms with E-state index >= 15 is 0 Å². The highest BCUT2D eigenvalue weighted by Crippen LogP contribution is 2.16. The molecule has 4 N–H and O–H groups in total. The summed E-state index contributed by atoms with van der Waals surface area (Å²) in [7, 11) is 0. The van der Waals surface area contributed by atoms with Gasteiger partial charge in [-0.15, -0.1) is 0 Å². The number of hydrogen-bond acceptors (Lipinski definition) is 4. The summed E-state index contributed by atoms with van der Waals surface area (Å²) in [5.41, 5.74) is 3.52. The van der Waals surface area contributed by atoms with Crippen molar-refractivity contribution in [3.05, 3.63) is 144 Å². The number of rotatable bonds is 13. The standard InChI is InChI=1S/C34H36N2O4/c37-31(23-27-17-9-3-10-18-27)35-29(21-25-13-5-1-6-14-25)33(39)34(40)30(22-26-15-7-2-8-16-26)36-32(38)24-28-19-11-4-12-20-28/h1-20,29-30,33-34,39-40H,21-24H2,(H,35,37)(H,36,38). The van der Waals surface area contributed by atoms with Crippen LogP contribution in [0, 0.1) is 0 Å². The first-order valence-electron chi connectivity index (χ1n) is 13.6. The molecule has 4 unspecified atom stereocenters. The number of amides is 2. The molecule has 0 spiro atoms. The third kappa shape index (κ3) is 8.90. The Balaban J connectivity index is 1.53.